The standard InChI is InChI=1S/C16H18ClNO2/c1-12-9-16(14(10-17)11-18-12)20-15-5-3-13(4-6-15)7-8-19-2/h3-6,9,11H,7-8,10H2,1-2H3. The van der Waals surface area contributed by atoms with Crippen LogP contribution < -0.4 is 4.74 Å². The van der Waals surface area contributed by atoms with Crippen LogP contribution in [-0.2, 0) is 17.0 Å². The van der Waals surface area contributed by atoms with E-state index in [2.05, 4.69) is 4.98 Å². The van der Waals surface area contributed by atoms with Crippen LogP contribution in [0.5, 0.6) is 11.5 Å². The highest BCUT2D eigenvalue weighted by atomic mass is 35.5. The van der Waals surface area contributed by atoms with Gasteiger partial charge in [0.1, 0.15) is 11.5 Å². The molecule has 0 fully saturated rings. The zero-order chi connectivity index (χ0) is 14.4. The fourth-order valence-electron chi connectivity index (χ4n) is 1.83. The lowest BCUT2D eigenvalue weighted by atomic mass is 10.1. The number of rotatable bonds is 6. The molecule has 0 radical (unpaired) electrons. The number of nitrogens with zero attached hydrogens (tertiary/aromatic N) is 1. The number of alkyl halides is 1. The summed E-state index contributed by atoms with van der Waals surface area (Å²) in [5.41, 5.74) is 3.02. The van der Waals surface area contributed by atoms with Gasteiger partial charge in [0, 0.05) is 30.6 Å². The molecule has 2 aromatic rings. The van der Waals surface area contributed by atoms with Gasteiger partial charge in [0.15, 0.2) is 0 Å². The van der Waals surface area contributed by atoms with Gasteiger partial charge in [0.2, 0.25) is 0 Å². The summed E-state index contributed by atoms with van der Waals surface area (Å²) in [6, 6.07) is 9.90. The summed E-state index contributed by atoms with van der Waals surface area (Å²) in [6.07, 6.45) is 2.66. The van der Waals surface area contributed by atoms with Crippen molar-refractivity contribution in [1.29, 1.82) is 0 Å². The van der Waals surface area contributed by atoms with Crippen LogP contribution in [0.25, 0.3) is 0 Å². The zero-order valence-corrected chi connectivity index (χ0v) is 12.5. The van der Waals surface area contributed by atoms with Gasteiger partial charge in [-0.3, -0.25) is 4.98 Å². The first-order chi connectivity index (χ1) is 9.72. The van der Waals surface area contributed by atoms with Gasteiger partial charge in [-0.05, 0) is 31.0 Å². The van der Waals surface area contributed by atoms with Crippen molar-refractivity contribution in [3.63, 3.8) is 0 Å². The molecule has 0 spiro atoms. The number of ether oxygens (including phenoxy) is 2. The van der Waals surface area contributed by atoms with E-state index < -0.39 is 0 Å². The molecule has 0 saturated carbocycles. The Bertz CT molecular complexity index is 555. The fourth-order valence-corrected chi connectivity index (χ4v) is 2.03. The molecular formula is C16H18ClNO2. The molecule has 0 amide bonds. The summed E-state index contributed by atoms with van der Waals surface area (Å²) < 4.78 is 10.9. The maximum atomic E-state index is 5.90. The summed E-state index contributed by atoms with van der Waals surface area (Å²) in [5.74, 6) is 1.94. The quantitative estimate of drug-likeness (QED) is 0.751. The highest BCUT2D eigenvalue weighted by molar-refractivity contribution is 6.17. The highest BCUT2D eigenvalue weighted by Gasteiger charge is 2.06. The Morgan fingerprint density at radius 3 is 2.60 bits per heavy atom. The van der Waals surface area contributed by atoms with Crippen molar-refractivity contribution in [2.75, 3.05) is 13.7 Å². The van der Waals surface area contributed by atoms with E-state index in [-0.39, 0.29) is 0 Å². The highest BCUT2D eigenvalue weighted by Crippen LogP contribution is 2.27. The van der Waals surface area contributed by atoms with E-state index in [1.165, 1.54) is 5.56 Å². The fraction of sp³-hybridized carbons (Fsp3) is 0.312. The van der Waals surface area contributed by atoms with E-state index in [0.29, 0.717) is 5.88 Å². The maximum Gasteiger partial charge on any atom is 0.135 e. The first-order valence-electron chi connectivity index (χ1n) is 6.50. The van der Waals surface area contributed by atoms with Gasteiger partial charge >= 0.3 is 0 Å². The first-order valence-corrected chi connectivity index (χ1v) is 7.03. The molecule has 1 heterocycles. The Kier molecular flexibility index (Phi) is 5.39. The molecule has 106 valence electrons. The average Bonchev–Trinajstić information content (AvgIpc) is 2.47. The van der Waals surface area contributed by atoms with Crippen molar-refractivity contribution in [3.05, 3.63) is 53.3 Å². The van der Waals surface area contributed by atoms with Crippen LogP contribution in [-0.4, -0.2) is 18.7 Å². The first kappa shape index (κ1) is 14.8. The minimum Gasteiger partial charge on any atom is -0.457 e. The number of aryl methyl sites for hydroxylation is 1. The smallest absolute Gasteiger partial charge is 0.135 e. The summed E-state index contributed by atoms with van der Waals surface area (Å²) in [7, 11) is 1.71. The van der Waals surface area contributed by atoms with Gasteiger partial charge in [0.05, 0.1) is 12.5 Å². The molecular weight excluding hydrogens is 274 g/mol. The van der Waals surface area contributed by atoms with Crippen molar-refractivity contribution < 1.29 is 9.47 Å². The number of benzene rings is 1. The third-order valence-corrected chi connectivity index (χ3v) is 3.26. The lowest BCUT2D eigenvalue weighted by Crippen LogP contribution is -1.95. The molecule has 2 rings (SSSR count). The third-order valence-electron chi connectivity index (χ3n) is 2.97. The molecule has 0 aliphatic carbocycles. The summed E-state index contributed by atoms with van der Waals surface area (Å²) in [4.78, 5) is 4.22. The van der Waals surface area contributed by atoms with Crippen LogP contribution in [0.3, 0.4) is 0 Å². The number of hydrogen-bond donors (Lipinski definition) is 0. The largest absolute Gasteiger partial charge is 0.457 e. The van der Waals surface area contributed by atoms with E-state index >= 15 is 0 Å². The topological polar surface area (TPSA) is 31.4 Å². The summed E-state index contributed by atoms with van der Waals surface area (Å²) >= 11 is 5.90. The normalized spacial score (nSPS) is 10.6. The number of methoxy groups -OCH3 is 1. The molecule has 4 heteroatoms. The zero-order valence-electron chi connectivity index (χ0n) is 11.7. The molecule has 1 aromatic carbocycles. The minimum atomic E-state index is 0.383. The number of pyridine rings is 1. The van der Waals surface area contributed by atoms with E-state index in [0.717, 1.165) is 35.8 Å². The van der Waals surface area contributed by atoms with Gasteiger partial charge in [-0.1, -0.05) is 12.1 Å². The molecule has 0 aliphatic rings. The van der Waals surface area contributed by atoms with Crippen molar-refractivity contribution in [1.82, 2.24) is 4.98 Å². The average molecular weight is 292 g/mol. The maximum absolute atomic E-state index is 5.90. The Hall–Kier alpha value is -1.58. The van der Waals surface area contributed by atoms with E-state index in [1.807, 2.05) is 37.3 Å². The van der Waals surface area contributed by atoms with Crippen LogP contribution in [0.15, 0.2) is 36.5 Å². The second kappa shape index (κ2) is 7.27. The monoisotopic (exact) mass is 291 g/mol. The molecule has 0 N–H and O–H groups in total. The van der Waals surface area contributed by atoms with Crippen molar-refractivity contribution in [2.24, 2.45) is 0 Å². The summed E-state index contributed by atoms with van der Waals surface area (Å²) in [6.45, 7) is 2.65. The van der Waals surface area contributed by atoms with Gasteiger partial charge < -0.3 is 9.47 Å². The molecule has 0 bridgehead atoms. The Morgan fingerprint density at radius 2 is 1.95 bits per heavy atom. The van der Waals surface area contributed by atoms with Gasteiger partial charge in [0.25, 0.3) is 0 Å². The van der Waals surface area contributed by atoms with E-state index in [4.69, 9.17) is 21.1 Å². The lowest BCUT2D eigenvalue weighted by Gasteiger charge is -2.10. The second-order valence-electron chi connectivity index (χ2n) is 4.56. The number of halogens is 1. The van der Waals surface area contributed by atoms with Crippen LogP contribution in [0.1, 0.15) is 16.8 Å². The minimum absolute atomic E-state index is 0.383. The Morgan fingerprint density at radius 1 is 1.20 bits per heavy atom. The molecule has 20 heavy (non-hydrogen) atoms. The lowest BCUT2D eigenvalue weighted by molar-refractivity contribution is 0.202. The molecule has 0 unspecified atom stereocenters. The van der Waals surface area contributed by atoms with Gasteiger partial charge in [-0.25, -0.2) is 0 Å². The van der Waals surface area contributed by atoms with Crippen LogP contribution >= 0.6 is 11.6 Å². The van der Waals surface area contributed by atoms with Crippen molar-refractivity contribution >= 4 is 11.6 Å². The third kappa shape index (κ3) is 3.95. The van der Waals surface area contributed by atoms with Crippen LogP contribution in [0.2, 0.25) is 0 Å². The Balaban J connectivity index is 2.11. The SMILES string of the molecule is COCCc1ccc(Oc2cc(C)ncc2CCl)cc1. The number of aromatic nitrogens is 1. The summed E-state index contributed by atoms with van der Waals surface area (Å²) in [5, 5.41) is 0. The second-order valence-corrected chi connectivity index (χ2v) is 4.82. The predicted molar refractivity (Wildman–Crippen MR) is 80.6 cm³/mol. The molecule has 0 atom stereocenters. The van der Waals surface area contributed by atoms with Crippen LogP contribution in [0, 0.1) is 6.92 Å². The molecule has 0 saturated heterocycles. The molecule has 0 aliphatic heterocycles. The van der Waals surface area contributed by atoms with Crippen molar-refractivity contribution in [3.8, 4) is 11.5 Å². The van der Waals surface area contributed by atoms with Crippen LogP contribution in [0.4, 0.5) is 0 Å². The molecule has 1 aromatic heterocycles. The Labute approximate surface area is 124 Å². The van der Waals surface area contributed by atoms with Gasteiger partial charge in [-0.15, -0.1) is 11.6 Å². The van der Waals surface area contributed by atoms with Crippen molar-refractivity contribution in [2.45, 2.75) is 19.2 Å². The molecule has 3 nitrogen and oxygen atoms in total. The predicted octanol–water partition coefficient (Wildman–Crippen LogP) is 4.11. The van der Waals surface area contributed by atoms with E-state index in [9.17, 15) is 0 Å². The number of hydrogen-bond acceptors (Lipinski definition) is 3. The van der Waals surface area contributed by atoms with E-state index in [1.54, 1.807) is 13.3 Å². The van der Waals surface area contributed by atoms with Gasteiger partial charge in [-0.2, -0.15) is 0 Å².